The number of fused-ring (bicyclic) bond motifs is 1. The van der Waals surface area contributed by atoms with E-state index in [9.17, 15) is 22.4 Å². The van der Waals surface area contributed by atoms with Crippen molar-refractivity contribution in [2.45, 2.75) is 25.9 Å². The number of hydrogen-bond donors (Lipinski definition) is 1. The van der Waals surface area contributed by atoms with Crippen LogP contribution in [-0.4, -0.2) is 53.2 Å². The van der Waals surface area contributed by atoms with Crippen LogP contribution in [0.3, 0.4) is 0 Å². The zero-order chi connectivity index (χ0) is 29.6. The standard InChI is InChI=1S/C27H21BrCl2F2N4O4S/c1-2-16-22(34-41(39,40)35-9-8-15(31)12-35)7-6-21(32)23(16)25(37)18-13-36(26-17(18)10-14(28)11-33-26)27(38)24-19(29)4-3-5-20(24)30/h3-7,10-11,13,15,34H,2,8-9,12H2,1H3/t15-/m1/s1. The van der Waals surface area contributed by atoms with Gasteiger partial charge in [0.1, 0.15) is 17.6 Å². The van der Waals surface area contributed by atoms with Crippen molar-refractivity contribution in [3.63, 3.8) is 0 Å². The number of carbonyl (C=O) groups is 2. The molecule has 3 heterocycles. The first-order valence-electron chi connectivity index (χ1n) is 12.4. The van der Waals surface area contributed by atoms with E-state index in [4.69, 9.17) is 23.2 Å². The lowest BCUT2D eigenvalue weighted by atomic mass is 9.95. The van der Waals surface area contributed by atoms with Crippen LogP contribution in [0.1, 0.15) is 45.2 Å². The van der Waals surface area contributed by atoms with E-state index in [-0.39, 0.29) is 75.0 Å². The summed E-state index contributed by atoms with van der Waals surface area (Å²) in [5.74, 6) is -2.34. The molecule has 214 valence electrons. The molecule has 2 aromatic carbocycles. The minimum Gasteiger partial charge on any atom is -0.288 e. The molecule has 4 aromatic rings. The number of hydrogen-bond acceptors (Lipinski definition) is 5. The summed E-state index contributed by atoms with van der Waals surface area (Å²) in [5, 5.41) is 0.413. The van der Waals surface area contributed by atoms with E-state index in [1.807, 2.05) is 0 Å². The second kappa shape index (κ2) is 11.4. The average Bonchev–Trinajstić information content (AvgIpc) is 3.53. The Kier molecular flexibility index (Phi) is 8.23. The molecule has 1 aliphatic rings. The van der Waals surface area contributed by atoms with E-state index >= 15 is 4.39 Å². The Morgan fingerprint density at radius 3 is 2.51 bits per heavy atom. The molecule has 14 heteroatoms. The van der Waals surface area contributed by atoms with Crippen LogP contribution in [0.2, 0.25) is 10.0 Å². The number of anilines is 1. The van der Waals surface area contributed by atoms with E-state index < -0.39 is 33.9 Å². The predicted octanol–water partition coefficient (Wildman–Crippen LogP) is 6.43. The number of carbonyl (C=O) groups excluding carboxylic acids is 2. The van der Waals surface area contributed by atoms with Crippen molar-refractivity contribution in [2.75, 3.05) is 17.8 Å². The molecule has 2 aromatic heterocycles. The van der Waals surface area contributed by atoms with Crippen LogP contribution in [0.15, 0.2) is 53.3 Å². The molecule has 0 radical (unpaired) electrons. The number of pyridine rings is 1. The van der Waals surface area contributed by atoms with Crippen molar-refractivity contribution in [3.05, 3.63) is 91.4 Å². The molecular weight excluding hydrogens is 665 g/mol. The third-order valence-electron chi connectivity index (χ3n) is 6.76. The number of rotatable bonds is 7. The summed E-state index contributed by atoms with van der Waals surface area (Å²) in [7, 11) is -4.17. The van der Waals surface area contributed by atoms with Crippen LogP contribution in [0.25, 0.3) is 11.0 Å². The van der Waals surface area contributed by atoms with Gasteiger partial charge in [-0.1, -0.05) is 36.2 Å². The maximum atomic E-state index is 15.4. The largest absolute Gasteiger partial charge is 0.301 e. The number of nitrogens with zero attached hydrogens (tertiary/aromatic N) is 3. The summed E-state index contributed by atoms with van der Waals surface area (Å²) in [4.78, 5) is 31.9. The first-order chi connectivity index (χ1) is 19.4. The first kappa shape index (κ1) is 29.6. The highest BCUT2D eigenvalue weighted by Gasteiger charge is 2.33. The Morgan fingerprint density at radius 1 is 1.17 bits per heavy atom. The van der Waals surface area contributed by atoms with E-state index in [0.717, 1.165) is 14.9 Å². The van der Waals surface area contributed by atoms with Crippen LogP contribution < -0.4 is 4.72 Å². The average molecular weight is 686 g/mol. The second-order valence-electron chi connectivity index (χ2n) is 9.32. The van der Waals surface area contributed by atoms with Crippen molar-refractivity contribution in [1.29, 1.82) is 0 Å². The molecule has 5 rings (SSSR count). The van der Waals surface area contributed by atoms with Gasteiger partial charge in [0, 0.05) is 35.3 Å². The van der Waals surface area contributed by atoms with Gasteiger partial charge < -0.3 is 0 Å². The SMILES string of the molecule is CCc1c(NS(=O)(=O)N2CC[C@@H](F)C2)ccc(F)c1C(=O)c1cn(C(=O)c2c(Cl)cccc2Cl)c2ncc(Br)cc12. The van der Waals surface area contributed by atoms with Crippen molar-refractivity contribution in [2.24, 2.45) is 0 Å². The summed E-state index contributed by atoms with van der Waals surface area (Å²) >= 11 is 15.8. The Labute approximate surface area is 252 Å². The molecule has 0 aliphatic carbocycles. The summed E-state index contributed by atoms with van der Waals surface area (Å²) in [6.45, 7) is 1.34. The van der Waals surface area contributed by atoms with E-state index in [1.165, 1.54) is 30.6 Å². The molecule has 0 unspecified atom stereocenters. The third kappa shape index (κ3) is 5.51. The lowest BCUT2D eigenvalue weighted by Gasteiger charge is -2.20. The van der Waals surface area contributed by atoms with Gasteiger partial charge in [0.05, 0.1) is 32.4 Å². The van der Waals surface area contributed by atoms with Crippen LogP contribution in [0, 0.1) is 5.82 Å². The van der Waals surface area contributed by atoms with Gasteiger partial charge in [-0.3, -0.25) is 18.9 Å². The molecule has 1 atom stereocenters. The normalized spacial score (nSPS) is 15.9. The fourth-order valence-corrected chi connectivity index (χ4v) is 7.00. The Bertz CT molecular complexity index is 1810. The van der Waals surface area contributed by atoms with Crippen LogP contribution in [-0.2, 0) is 16.6 Å². The Morgan fingerprint density at radius 2 is 1.88 bits per heavy atom. The molecule has 0 spiro atoms. The smallest absolute Gasteiger partial charge is 0.288 e. The van der Waals surface area contributed by atoms with Crippen molar-refractivity contribution in [1.82, 2.24) is 13.9 Å². The fraction of sp³-hybridized carbons (Fsp3) is 0.222. The molecule has 1 fully saturated rings. The number of benzene rings is 2. The molecule has 1 aliphatic heterocycles. The predicted molar refractivity (Wildman–Crippen MR) is 156 cm³/mol. The van der Waals surface area contributed by atoms with E-state index in [1.54, 1.807) is 19.1 Å². The lowest BCUT2D eigenvalue weighted by molar-refractivity contribution is 0.0964. The maximum Gasteiger partial charge on any atom is 0.301 e. The van der Waals surface area contributed by atoms with Gasteiger partial charge in [-0.05, 0) is 64.7 Å². The van der Waals surface area contributed by atoms with Crippen molar-refractivity contribution in [3.8, 4) is 0 Å². The van der Waals surface area contributed by atoms with Gasteiger partial charge in [-0.15, -0.1) is 0 Å². The minimum atomic E-state index is -4.17. The topological polar surface area (TPSA) is 101 Å². The lowest BCUT2D eigenvalue weighted by Crippen LogP contribution is -2.34. The van der Waals surface area contributed by atoms with E-state index in [0.29, 0.717) is 4.47 Å². The Hall–Kier alpha value is -2.90. The molecule has 1 N–H and O–H groups in total. The minimum absolute atomic E-state index is 0.00417. The first-order valence-corrected chi connectivity index (χ1v) is 15.3. The molecule has 0 bridgehead atoms. The zero-order valence-electron chi connectivity index (χ0n) is 21.3. The summed E-state index contributed by atoms with van der Waals surface area (Å²) in [6, 6.07) is 8.32. The molecule has 8 nitrogen and oxygen atoms in total. The Balaban J connectivity index is 1.63. The molecular formula is C27H21BrCl2F2N4O4S. The highest BCUT2D eigenvalue weighted by atomic mass is 79.9. The highest BCUT2D eigenvalue weighted by molar-refractivity contribution is 9.10. The molecule has 0 saturated carbocycles. The second-order valence-corrected chi connectivity index (χ2v) is 12.7. The third-order valence-corrected chi connectivity index (χ3v) is 9.32. The molecule has 1 saturated heterocycles. The molecule has 41 heavy (non-hydrogen) atoms. The van der Waals surface area contributed by atoms with Gasteiger partial charge in [0.15, 0.2) is 5.78 Å². The van der Waals surface area contributed by atoms with Crippen molar-refractivity contribution < 1.29 is 26.8 Å². The number of halogens is 5. The fourth-order valence-electron chi connectivity index (χ4n) is 4.81. The van der Waals surface area contributed by atoms with Crippen LogP contribution in [0.5, 0.6) is 0 Å². The number of aromatic nitrogens is 2. The number of ketones is 1. The van der Waals surface area contributed by atoms with Crippen LogP contribution >= 0.6 is 39.1 Å². The van der Waals surface area contributed by atoms with Gasteiger partial charge >= 0.3 is 10.2 Å². The number of nitrogens with one attached hydrogen (secondary N) is 1. The highest BCUT2D eigenvalue weighted by Crippen LogP contribution is 2.33. The summed E-state index contributed by atoms with van der Waals surface area (Å²) in [6.07, 6.45) is 1.53. The van der Waals surface area contributed by atoms with Gasteiger partial charge in [-0.2, -0.15) is 12.7 Å². The zero-order valence-corrected chi connectivity index (χ0v) is 25.2. The summed E-state index contributed by atoms with van der Waals surface area (Å²) in [5.41, 5.74) is -0.257. The van der Waals surface area contributed by atoms with Gasteiger partial charge in [0.25, 0.3) is 5.91 Å². The van der Waals surface area contributed by atoms with Crippen molar-refractivity contribution >= 4 is 77.8 Å². The summed E-state index contributed by atoms with van der Waals surface area (Å²) < 4.78 is 59.9. The number of alkyl halides is 1. The van der Waals surface area contributed by atoms with E-state index in [2.05, 4.69) is 25.6 Å². The van der Waals surface area contributed by atoms with Gasteiger partial charge in [-0.25, -0.2) is 13.8 Å². The monoisotopic (exact) mass is 684 g/mol. The molecule has 0 amide bonds. The van der Waals surface area contributed by atoms with Gasteiger partial charge in [0.2, 0.25) is 0 Å². The maximum absolute atomic E-state index is 15.4. The van der Waals surface area contributed by atoms with Crippen LogP contribution in [0.4, 0.5) is 14.5 Å². The quantitative estimate of drug-likeness (QED) is 0.226.